The van der Waals surface area contributed by atoms with Crippen molar-refractivity contribution in [3.8, 4) is 0 Å². The van der Waals surface area contributed by atoms with Gasteiger partial charge in [-0.3, -0.25) is 14.9 Å². The number of hydrogen-bond acceptors (Lipinski definition) is 3. The number of nitrogens with one attached hydrogen (secondary N) is 2. The van der Waals surface area contributed by atoms with Crippen molar-refractivity contribution in [1.29, 1.82) is 0 Å². The number of rotatable bonds is 3. The van der Waals surface area contributed by atoms with Gasteiger partial charge in [-0.1, -0.05) is 6.07 Å². The van der Waals surface area contributed by atoms with Crippen LogP contribution in [0.1, 0.15) is 15.9 Å². The normalized spacial score (nSPS) is 19.4. The number of nitrogens with zero attached hydrogens (tertiary/aromatic N) is 1. The lowest BCUT2D eigenvalue weighted by molar-refractivity contribution is -0.197. The third kappa shape index (κ3) is 3.90. The van der Waals surface area contributed by atoms with Crippen molar-refractivity contribution in [1.82, 2.24) is 10.6 Å². The van der Waals surface area contributed by atoms with Crippen molar-refractivity contribution in [3.05, 3.63) is 65.5 Å². The summed E-state index contributed by atoms with van der Waals surface area (Å²) >= 11 is 0. The van der Waals surface area contributed by atoms with Gasteiger partial charge in [0.05, 0.1) is 11.3 Å². The van der Waals surface area contributed by atoms with Crippen molar-refractivity contribution in [2.75, 3.05) is 4.90 Å². The second kappa shape index (κ2) is 7.25. The summed E-state index contributed by atoms with van der Waals surface area (Å²) in [7, 11) is 0. The third-order valence-electron chi connectivity index (χ3n) is 4.28. The number of anilines is 1. The summed E-state index contributed by atoms with van der Waals surface area (Å²) in [5.74, 6) is -4.47. The first-order valence-corrected chi connectivity index (χ1v) is 8.25. The minimum atomic E-state index is -5.58. The summed E-state index contributed by atoms with van der Waals surface area (Å²) in [4.78, 5) is 37.1. The van der Waals surface area contributed by atoms with Crippen molar-refractivity contribution in [2.24, 2.45) is 0 Å². The van der Waals surface area contributed by atoms with Gasteiger partial charge in [-0.05, 0) is 42.5 Å². The van der Waals surface area contributed by atoms with E-state index in [9.17, 15) is 45.1 Å². The van der Waals surface area contributed by atoms with Crippen LogP contribution >= 0.6 is 0 Å². The number of urea groups is 1. The average molecular weight is 449 g/mol. The van der Waals surface area contributed by atoms with Gasteiger partial charge in [-0.25, -0.2) is 14.1 Å². The molecule has 0 radical (unpaired) electrons. The molecule has 3 rings (SSSR count). The fourth-order valence-electron chi connectivity index (χ4n) is 2.78. The third-order valence-corrected chi connectivity index (χ3v) is 4.28. The first-order valence-electron chi connectivity index (χ1n) is 8.25. The standard InChI is InChI=1S/C18H10F7N3O3/c19-11-4-6-12(7-5-11)28-14(30)16(18(23,24)25,27-15(28)31)26-13(29)9-2-1-3-10(8-9)17(20,21)22/h1-8H,(H,26,29)(H,27,31)/t16-/m0/s1. The van der Waals surface area contributed by atoms with E-state index >= 15 is 0 Å². The van der Waals surface area contributed by atoms with Gasteiger partial charge in [0.1, 0.15) is 5.82 Å². The van der Waals surface area contributed by atoms with Crippen LogP contribution in [0, 0.1) is 5.82 Å². The van der Waals surface area contributed by atoms with Crippen molar-refractivity contribution < 1.29 is 45.1 Å². The highest BCUT2D eigenvalue weighted by atomic mass is 19.4. The van der Waals surface area contributed by atoms with Crippen LogP contribution in [0.25, 0.3) is 0 Å². The molecule has 13 heteroatoms. The van der Waals surface area contributed by atoms with E-state index in [1.54, 1.807) is 0 Å². The monoisotopic (exact) mass is 449 g/mol. The predicted octanol–water partition coefficient (Wildman–Crippen LogP) is 3.59. The molecule has 0 aliphatic carbocycles. The van der Waals surface area contributed by atoms with E-state index in [1.807, 2.05) is 0 Å². The number of benzene rings is 2. The van der Waals surface area contributed by atoms with Crippen LogP contribution in [0.2, 0.25) is 0 Å². The molecule has 164 valence electrons. The van der Waals surface area contributed by atoms with E-state index in [-0.39, 0.29) is 4.90 Å². The number of alkyl halides is 6. The molecule has 2 aromatic rings. The molecule has 6 nitrogen and oxygen atoms in total. The lowest BCUT2D eigenvalue weighted by Gasteiger charge is -2.30. The fourth-order valence-corrected chi connectivity index (χ4v) is 2.78. The van der Waals surface area contributed by atoms with Crippen LogP contribution < -0.4 is 15.5 Å². The minimum absolute atomic E-state index is 0.0271. The smallest absolute Gasteiger partial charge is 0.314 e. The lowest BCUT2D eigenvalue weighted by atomic mass is 10.1. The number of carbonyl (C=O) groups excluding carboxylic acids is 3. The van der Waals surface area contributed by atoms with Gasteiger partial charge in [0, 0.05) is 5.56 Å². The quantitative estimate of drug-likeness (QED) is 0.556. The Balaban J connectivity index is 1.99. The summed E-state index contributed by atoms with van der Waals surface area (Å²) in [5.41, 5.74) is -6.52. The number of imide groups is 1. The summed E-state index contributed by atoms with van der Waals surface area (Å²) < 4.78 is 93.0. The number of carbonyl (C=O) groups is 3. The van der Waals surface area contributed by atoms with E-state index in [4.69, 9.17) is 0 Å². The summed E-state index contributed by atoms with van der Waals surface area (Å²) in [5, 5.41) is 2.62. The molecule has 0 unspecified atom stereocenters. The van der Waals surface area contributed by atoms with Crippen LogP contribution in [0.15, 0.2) is 48.5 Å². The zero-order valence-electron chi connectivity index (χ0n) is 14.9. The molecule has 4 amide bonds. The van der Waals surface area contributed by atoms with E-state index < -0.39 is 58.5 Å². The van der Waals surface area contributed by atoms with Gasteiger partial charge >= 0.3 is 18.4 Å². The van der Waals surface area contributed by atoms with Crippen molar-refractivity contribution in [2.45, 2.75) is 18.0 Å². The van der Waals surface area contributed by atoms with E-state index in [2.05, 4.69) is 0 Å². The number of hydrogen-bond donors (Lipinski definition) is 2. The molecule has 1 heterocycles. The topological polar surface area (TPSA) is 78.5 Å². The van der Waals surface area contributed by atoms with E-state index in [0.29, 0.717) is 12.1 Å². The largest absolute Gasteiger partial charge is 0.440 e. The molecule has 1 aliphatic heterocycles. The van der Waals surface area contributed by atoms with Gasteiger partial charge in [-0.2, -0.15) is 26.3 Å². The molecule has 0 spiro atoms. The van der Waals surface area contributed by atoms with Crippen LogP contribution in [-0.4, -0.2) is 29.7 Å². The Hall–Kier alpha value is -3.64. The maximum absolute atomic E-state index is 13.8. The molecular weight excluding hydrogens is 439 g/mol. The zero-order chi connectivity index (χ0) is 23.2. The predicted molar refractivity (Wildman–Crippen MR) is 90.1 cm³/mol. The molecule has 0 saturated carbocycles. The fraction of sp³-hybridized carbons (Fsp3) is 0.167. The molecule has 1 saturated heterocycles. The molecule has 0 bridgehead atoms. The van der Waals surface area contributed by atoms with Crippen LogP contribution in [0.4, 0.5) is 41.2 Å². The number of amides is 4. The van der Waals surface area contributed by atoms with E-state index in [0.717, 1.165) is 36.4 Å². The molecule has 1 fully saturated rings. The van der Waals surface area contributed by atoms with E-state index in [1.165, 1.54) is 10.6 Å². The molecule has 1 aliphatic rings. The second-order valence-electron chi connectivity index (χ2n) is 6.33. The molecule has 1 atom stereocenters. The lowest BCUT2D eigenvalue weighted by Crippen LogP contribution is -2.69. The maximum Gasteiger partial charge on any atom is 0.440 e. The summed E-state index contributed by atoms with van der Waals surface area (Å²) in [6, 6.07) is 4.16. The molecule has 2 N–H and O–H groups in total. The Morgan fingerprint density at radius 1 is 0.968 bits per heavy atom. The molecule has 2 aromatic carbocycles. The van der Waals surface area contributed by atoms with Crippen LogP contribution in [-0.2, 0) is 11.0 Å². The van der Waals surface area contributed by atoms with Gasteiger partial charge < -0.3 is 5.32 Å². The van der Waals surface area contributed by atoms with Gasteiger partial charge in [0.15, 0.2) is 0 Å². The van der Waals surface area contributed by atoms with Gasteiger partial charge in [0.2, 0.25) is 0 Å². The second-order valence-corrected chi connectivity index (χ2v) is 6.33. The highest BCUT2D eigenvalue weighted by Crippen LogP contribution is 2.36. The van der Waals surface area contributed by atoms with Gasteiger partial charge in [0.25, 0.3) is 17.5 Å². The minimum Gasteiger partial charge on any atom is -0.314 e. The average Bonchev–Trinajstić information content (AvgIpc) is 2.92. The van der Waals surface area contributed by atoms with Crippen LogP contribution in [0.3, 0.4) is 0 Å². The molecular formula is C18H10F7N3O3. The first kappa shape index (κ1) is 22.1. The number of halogens is 7. The first-order chi connectivity index (χ1) is 14.3. The van der Waals surface area contributed by atoms with Crippen LogP contribution in [0.5, 0.6) is 0 Å². The molecule has 31 heavy (non-hydrogen) atoms. The summed E-state index contributed by atoms with van der Waals surface area (Å²) in [6.07, 6.45) is -10.5. The summed E-state index contributed by atoms with van der Waals surface area (Å²) in [6.45, 7) is 0. The Morgan fingerprint density at radius 3 is 2.13 bits per heavy atom. The Labute approximate surface area is 168 Å². The highest BCUT2D eigenvalue weighted by molar-refractivity contribution is 6.24. The van der Waals surface area contributed by atoms with Gasteiger partial charge in [-0.15, -0.1) is 0 Å². The van der Waals surface area contributed by atoms with Crippen molar-refractivity contribution in [3.63, 3.8) is 0 Å². The zero-order valence-corrected chi connectivity index (χ0v) is 14.9. The van der Waals surface area contributed by atoms with Crippen molar-refractivity contribution >= 4 is 23.5 Å². The highest BCUT2D eigenvalue weighted by Gasteiger charge is 2.69. The Bertz CT molecular complexity index is 1050. The maximum atomic E-state index is 13.8. The Morgan fingerprint density at radius 2 is 1.58 bits per heavy atom. The molecule has 0 aromatic heterocycles. The SMILES string of the molecule is O=C(N[C@]1(C(F)(F)F)NC(=O)N(c2ccc(F)cc2)C1=O)c1cccc(C(F)(F)F)c1. The Kier molecular flexibility index (Phi) is 5.16.